The summed E-state index contributed by atoms with van der Waals surface area (Å²) in [7, 11) is 0. The van der Waals surface area contributed by atoms with Gasteiger partial charge in [-0.1, -0.05) is 19.4 Å². The fourth-order valence-corrected chi connectivity index (χ4v) is 4.57. The average Bonchev–Trinajstić information content (AvgIpc) is 2.51. The number of alkyl halides is 6. The predicted octanol–water partition coefficient (Wildman–Crippen LogP) is 4.12. The van der Waals surface area contributed by atoms with Gasteiger partial charge in [0.05, 0.1) is 0 Å². The third kappa shape index (κ3) is 3.59. The first kappa shape index (κ1) is 21.1. The van der Waals surface area contributed by atoms with Crippen molar-refractivity contribution in [3.05, 3.63) is 12.2 Å². The molecule has 2 aliphatic rings. The largest absolute Gasteiger partial charge is 0.426 e. The summed E-state index contributed by atoms with van der Waals surface area (Å²) in [6, 6.07) is -0.508. The van der Waals surface area contributed by atoms with Crippen LogP contribution in [0.25, 0.3) is 0 Å². The molecule has 0 heterocycles. The highest BCUT2D eigenvalue weighted by atomic mass is 19.4. The van der Waals surface area contributed by atoms with Gasteiger partial charge in [0.1, 0.15) is 0 Å². The number of nitrogens with one attached hydrogen (secondary N) is 1. The maximum absolute atomic E-state index is 13.3. The Kier molecular flexibility index (Phi) is 5.71. The van der Waals surface area contributed by atoms with Gasteiger partial charge >= 0.3 is 12.4 Å². The zero-order chi connectivity index (χ0) is 19.9. The van der Waals surface area contributed by atoms with Gasteiger partial charge in [-0.05, 0) is 44.4 Å². The number of rotatable bonds is 3. The van der Waals surface area contributed by atoms with Gasteiger partial charge < -0.3 is 10.4 Å². The Labute approximate surface area is 147 Å². The lowest BCUT2D eigenvalue weighted by Gasteiger charge is -2.51. The summed E-state index contributed by atoms with van der Waals surface area (Å²) in [4.78, 5) is 11.9. The van der Waals surface area contributed by atoms with Crippen molar-refractivity contribution in [2.24, 2.45) is 17.8 Å². The van der Waals surface area contributed by atoms with Crippen molar-refractivity contribution in [1.29, 1.82) is 0 Å². The van der Waals surface area contributed by atoms with E-state index in [1.54, 1.807) is 0 Å². The van der Waals surface area contributed by atoms with Crippen LogP contribution in [-0.4, -0.2) is 35.0 Å². The molecule has 0 saturated heterocycles. The van der Waals surface area contributed by atoms with E-state index in [2.05, 4.69) is 11.9 Å². The first-order valence-electron chi connectivity index (χ1n) is 8.63. The van der Waals surface area contributed by atoms with Crippen molar-refractivity contribution >= 4 is 5.91 Å². The highest BCUT2D eigenvalue weighted by Crippen LogP contribution is 2.56. The quantitative estimate of drug-likeness (QED) is 0.565. The van der Waals surface area contributed by atoms with E-state index < -0.39 is 47.7 Å². The van der Waals surface area contributed by atoms with Gasteiger partial charge in [0.25, 0.3) is 5.60 Å². The Balaban J connectivity index is 2.34. The third-order valence-electron chi connectivity index (χ3n) is 5.79. The molecule has 2 fully saturated rings. The summed E-state index contributed by atoms with van der Waals surface area (Å²) in [5.74, 6) is -3.91. The van der Waals surface area contributed by atoms with E-state index in [9.17, 15) is 36.2 Å². The minimum atomic E-state index is -5.81. The van der Waals surface area contributed by atoms with Gasteiger partial charge in [-0.3, -0.25) is 4.79 Å². The normalized spacial score (nSPS) is 30.5. The Morgan fingerprint density at radius 1 is 0.962 bits per heavy atom. The summed E-state index contributed by atoms with van der Waals surface area (Å²) >= 11 is 0. The van der Waals surface area contributed by atoms with E-state index in [0.717, 1.165) is 0 Å². The maximum atomic E-state index is 13.3. The lowest BCUT2D eigenvalue weighted by molar-refractivity contribution is -0.393. The molecule has 9 heteroatoms. The SMILES string of the molecule is C=C(C)C(=O)NC1CCCC2C1CCCC2C(O)(C(F)(F)F)C(F)(F)F. The molecule has 0 bridgehead atoms. The number of carbonyl (C=O) groups excluding carboxylic acids is 1. The van der Waals surface area contributed by atoms with Crippen molar-refractivity contribution in [2.75, 3.05) is 0 Å². The Bertz CT molecular complexity index is 542. The summed E-state index contributed by atoms with van der Waals surface area (Å²) in [5, 5.41) is 12.5. The summed E-state index contributed by atoms with van der Waals surface area (Å²) < 4.78 is 79.8. The average molecular weight is 387 g/mol. The molecular formula is C17H23F6NO2. The van der Waals surface area contributed by atoms with Crippen LogP contribution < -0.4 is 5.32 Å². The Morgan fingerprint density at radius 3 is 1.96 bits per heavy atom. The first-order chi connectivity index (χ1) is 11.8. The number of hydrogen-bond acceptors (Lipinski definition) is 2. The minimum absolute atomic E-state index is 0.139. The molecule has 2 N–H and O–H groups in total. The molecule has 0 aliphatic heterocycles. The summed E-state index contributed by atoms with van der Waals surface area (Å²) in [6.07, 6.45) is -10.4. The molecule has 150 valence electrons. The number of fused-ring (bicyclic) bond motifs is 1. The van der Waals surface area contributed by atoms with E-state index in [-0.39, 0.29) is 24.8 Å². The fraction of sp³-hybridized carbons (Fsp3) is 0.824. The molecule has 2 aliphatic carbocycles. The summed E-state index contributed by atoms with van der Waals surface area (Å²) in [6.45, 7) is 4.97. The van der Waals surface area contributed by atoms with Crippen LogP contribution in [0.2, 0.25) is 0 Å². The molecule has 2 rings (SSSR count). The van der Waals surface area contributed by atoms with Crippen LogP contribution >= 0.6 is 0 Å². The highest BCUT2D eigenvalue weighted by Gasteiger charge is 2.75. The minimum Gasteiger partial charge on any atom is -0.373 e. The van der Waals surface area contributed by atoms with Crippen LogP contribution in [0.3, 0.4) is 0 Å². The van der Waals surface area contributed by atoms with Crippen LogP contribution in [-0.2, 0) is 4.79 Å². The number of carbonyl (C=O) groups is 1. The van der Waals surface area contributed by atoms with E-state index in [0.29, 0.717) is 19.3 Å². The van der Waals surface area contributed by atoms with Crippen molar-refractivity contribution < 1.29 is 36.2 Å². The second-order valence-electron chi connectivity index (χ2n) is 7.42. The molecule has 0 aromatic carbocycles. The van der Waals surface area contributed by atoms with Gasteiger partial charge in [0, 0.05) is 17.5 Å². The number of halogens is 6. The molecule has 3 nitrogen and oxygen atoms in total. The molecule has 0 spiro atoms. The van der Waals surface area contributed by atoms with Crippen LogP contribution in [0.4, 0.5) is 26.3 Å². The molecule has 26 heavy (non-hydrogen) atoms. The second kappa shape index (κ2) is 7.05. The molecule has 4 atom stereocenters. The zero-order valence-corrected chi connectivity index (χ0v) is 14.4. The zero-order valence-electron chi connectivity index (χ0n) is 14.4. The lowest BCUT2D eigenvalue weighted by Crippen LogP contribution is -2.65. The third-order valence-corrected chi connectivity index (χ3v) is 5.79. The lowest BCUT2D eigenvalue weighted by atomic mass is 9.59. The molecule has 0 aromatic heterocycles. The molecular weight excluding hydrogens is 364 g/mol. The van der Waals surface area contributed by atoms with E-state index in [4.69, 9.17) is 0 Å². The van der Waals surface area contributed by atoms with Crippen LogP contribution in [0, 0.1) is 17.8 Å². The Hall–Kier alpha value is -1.25. The molecule has 0 radical (unpaired) electrons. The number of aliphatic hydroxyl groups is 1. The van der Waals surface area contributed by atoms with Crippen LogP contribution in [0.5, 0.6) is 0 Å². The van der Waals surface area contributed by atoms with E-state index >= 15 is 0 Å². The molecule has 0 aromatic rings. The monoisotopic (exact) mass is 387 g/mol. The fourth-order valence-electron chi connectivity index (χ4n) is 4.57. The molecule has 2 saturated carbocycles. The second-order valence-corrected chi connectivity index (χ2v) is 7.42. The highest BCUT2D eigenvalue weighted by molar-refractivity contribution is 5.92. The van der Waals surface area contributed by atoms with Gasteiger partial charge in [0.2, 0.25) is 5.91 Å². The van der Waals surface area contributed by atoms with Gasteiger partial charge in [-0.25, -0.2) is 0 Å². The van der Waals surface area contributed by atoms with E-state index in [1.165, 1.54) is 6.92 Å². The molecule has 1 amide bonds. The topological polar surface area (TPSA) is 49.3 Å². The first-order valence-corrected chi connectivity index (χ1v) is 8.63. The number of amides is 1. The van der Waals surface area contributed by atoms with Crippen LogP contribution in [0.15, 0.2) is 12.2 Å². The van der Waals surface area contributed by atoms with Crippen molar-refractivity contribution in [3.8, 4) is 0 Å². The molecule has 4 unspecified atom stereocenters. The van der Waals surface area contributed by atoms with Gasteiger partial charge in [-0.2, -0.15) is 26.3 Å². The van der Waals surface area contributed by atoms with E-state index in [1.807, 2.05) is 0 Å². The van der Waals surface area contributed by atoms with Crippen molar-refractivity contribution in [1.82, 2.24) is 5.32 Å². The van der Waals surface area contributed by atoms with Crippen molar-refractivity contribution in [3.63, 3.8) is 0 Å². The Morgan fingerprint density at radius 2 is 1.46 bits per heavy atom. The van der Waals surface area contributed by atoms with Crippen LogP contribution in [0.1, 0.15) is 45.4 Å². The summed E-state index contributed by atoms with van der Waals surface area (Å²) in [5.41, 5.74) is -4.51. The smallest absolute Gasteiger partial charge is 0.373 e. The van der Waals surface area contributed by atoms with Gasteiger partial charge in [-0.15, -0.1) is 0 Å². The van der Waals surface area contributed by atoms with Gasteiger partial charge in [0.15, 0.2) is 0 Å². The number of hydrogen-bond donors (Lipinski definition) is 2. The van der Waals surface area contributed by atoms with Crippen molar-refractivity contribution in [2.45, 2.75) is 69.4 Å². The predicted molar refractivity (Wildman–Crippen MR) is 82.0 cm³/mol. The standard InChI is InChI=1S/C17H23F6NO2/c1-9(2)14(25)24-13-8-4-5-10-11(13)6-3-7-12(10)15(26,16(18,19)20)17(21,22)23/h10-13,26H,1,3-8H2,2H3,(H,24,25). The maximum Gasteiger partial charge on any atom is 0.426 e.